The van der Waals surface area contributed by atoms with Gasteiger partial charge < -0.3 is 15.2 Å². The molecule has 0 aliphatic carbocycles. The molecule has 1 aromatic carbocycles. The highest BCUT2D eigenvalue weighted by molar-refractivity contribution is 5.81. The van der Waals surface area contributed by atoms with Crippen molar-refractivity contribution in [3.8, 4) is 0 Å². The van der Waals surface area contributed by atoms with E-state index in [1.54, 1.807) is 32.9 Å². The zero-order chi connectivity index (χ0) is 16.6. The quantitative estimate of drug-likeness (QED) is 0.611. The largest absolute Gasteiger partial charge is 0.444 e. The number of aliphatic hydroxyl groups is 1. The first-order valence-corrected chi connectivity index (χ1v) is 6.79. The molecule has 0 fully saturated rings. The van der Waals surface area contributed by atoms with Crippen molar-refractivity contribution in [2.24, 2.45) is 0 Å². The van der Waals surface area contributed by atoms with Crippen molar-refractivity contribution in [2.75, 3.05) is 6.61 Å². The molecule has 0 aliphatic rings. The second kappa shape index (κ2) is 8.35. The summed E-state index contributed by atoms with van der Waals surface area (Å²) in [6, 6.07) is 7.84. The summed E-state index contributed by atoms with van der Waals surface area (Å²) in [5.41, 5.74) is 0.105. The Morgan fingerprint density at radius 3 is 2.41 bits per heavy atom. The van der Waals surface area contributed by atoms with E-state index in [2.05, 4.69) is 10.2 Å². The average molecular weight is 311 g/mol. The molecule has 7 heteroatoms. The van der Waals surface area contributed by atoms with E-state index < -0.39 is 30.3 Å². The third kappa shape index (κ3) is 7.05. The maximum Gasteiger partial charge on any atom is 0.408 e. The van der Waals surface area contributed by atoms with Crippen LogP contribution in [-0.2, 0) is 25.9 Å². The monoisotopic (exact) mass is 311 g/mol. The molecule has 1 amide bonds. The summed E-state index contributed by atoms with van der Waals surface area (Å²) < 4.78 is 4.98. The van der Waals surface area contributed by atoms with Crippen molar-refractivity contribution in [2.45, 2.75) is 39.0 Å². The first-order valence-electron chi connectivity index (χ1n) is 6.79. The predicted octanol–water partition coefficient (Wildman–Crippen LogP) is 1.55. The molecule has 0 saturated heterocycles. The van der Waals surface area contributed by atoms with Crippen molar-refractivity contribution < 1.29 is 29.2 Å². The highest BCUT2D eigenvalue weighted by atomic mass is 17.2. The molecule has 122 valence electrons. The third-order valence-corrected chi connectivity index (χ3v) is 2.37. The summed E-state index contributed by atoms with van der Waals surface area (Å²) in [5, 5.41) is 11.3. The van der Waals surface area contributed by atoms with E-state index in [-0.39, 0.29) is 6.61 Å². The molecule has 2 N–H and O–H groups in total. The number of amides is 1. The highest BCUT2D eigenvalue weighted by Crippen LogP contribution is 2.07. The number of benzene rings is 1. The Morgan fingerprint density at radius 1 is 1.23 bits per heavy atom. The van der Waals surface area contributed by atoms with Crippen LogP contribution in [0.2, 0.25) is 0 Å². The molecule has 1 atom stereocenters. The van der Waals surface area contributed by atoms with Gasteiger partial charge in [0.05, 0.1) is 6.61 Å². The molecule has 1 aromatic rings. The Hall–Kier alpha value is -2.12. The number of alkyl carbamates (subject to hydrolysis) is 1. The van der Waals surface area contributed by atoms with Gasteiger partial charge in [0.2, 0.25) is 0 Å². The molecule has 0 aliphatic heterocycles. The summed E-state index contributed by atoms with van der Waals surface area (Å²) >= 11 is 0. The Morgan fingerprint density at radius 2 is 1.86 bits per heavy atom. The Kier molecular flexibility index (Phi) is 6.81. The van der Waals surface area contributed by atoms with Gasteiger partial charge in [-0.15, -0.1) is 0 Å². The van der Waals surface area contributed by atoms with Crippen LogP contribution in [0.1, 0.15) is 26.3 Å². The fraction of sp³-hybridized carbons (Fsp3) is 0.467. The van der Waals surface area contributed by atoms with Crippen LogP contribution < -0.4 is 5.32 Å². The number of aliphatic hydroxyl groups excluding tert-OH is 1. The van der Waals surface area contributed by atoms with Crippen molar-refractivity contribution in [3.63, 3.8) is 0 Å². The Balaban J connectivity index is 2.39. The molecule has 22 heavy (non-hydrogen) atoms. The van der Waals surface area contributed by atoms with Gasteiger partial charge in [0.15, 0.2) is 6.04 Å². The van der Waals surface area contributed by atoms with Gasteiger partial charge in [-0.3, -0.25) is 4.89 Å². The van der Waals surface area contributed by atoms with Crippen molar-refractivity contribution in [3.05, 3.63) is 35.9 Å². The van der Waals surface area contributed by atoms with Crippen molar-refractivity contribution >= 4 is 12.1 Å². The number of carbonyl (C=O) groups excluding carboxylic acids is 2. The number of carbonyl (C=O) groups is 2. The van der Waals surface area contributed by atoms with Crippen LogP contribution in [0.5, 0.6) is 0 Å². The van der Waals surface area contributed by atoms with Crippen LogP contribution in [0, 0.1) is 0 Å². The van der Waals surface area contributed by atoms with Crippen LogP contribution in [0.15, 0.2) is 30.3 Å². The van der Waals surface area contributed by atoms with Gasteiger partial charge in [-0.25, -0.2) is 9.59 Å². The van der Waals surface area contributed by atoms with Gasteiger partial charge in [-0.1, -0.05) is 30.3 Å². The van der Waals surface area contributed by atoms with E-state index in [9.17, 15) is 9.59 Å². The topological polar surface area (TPSA) is 94.1 Å². The van der Waals surface area contributed by atoms with Gasteiger partial charge in [0.1, 0.15) is 12.2 Å². The normalized spacial score (nSPS) is 12.4. The van der Waals surface area contributed by atoms with Crippen molar-refractivity contribution in [1.82, 2.24) is 5.32 Å². The lowest BCUT2D eigenvalue weighted by molar-refractivity contribution is -0.282. The minimum Gasteiger partial charge on any atom is -0.444 e. The second-order valence-electron chi connectivity index (χ2n) is 5.53. The average Bonchev–Trinajstić information content (AvgIpc) is 2.44. The smallest absolute Gasteiger partial charge is 0.408 e. The summed E-state index contributed by atoms with van der Waals surface area (Å²) in [6.07, 6.45) is -0.827. The van der Waals surface area contributed by atoms with Gasteiger partial charge in [0, 0.05) is 0 Å². The summed E-state index contributed by atoms with van der Waals surface area (Å²) in [5.74, 6) is -0.913. The molecule has 0 bridgehead atoms. The summed E-state index contributed by atoms with van der Waals surface area (Å²) in [7, 11) is 0. The second-order valence-corrected chi connectivity index (χ2v) is 5.53. The molecule has 0 radical (unpaired) electrons. The van der Waals surface area contributed by atoms with Crippen LogP contribution in [0.3, 0.4) is 0 Å². The van der Waals surface area contributed by atoms with E-state index in [0.29, 0.717) is 0 Å². The minimum atomic E-state index is -1.26. The fourth-order valence-corrected chi connectivity index (χ4v) is 1.42. The molecule has 0 saturated carbocycles. The van der Waals surface area contributed by atoms with Crippen molar-refractivity contribution in [1.29, 1.82) is 0 Å². The van der Waals surface area contributed by atoms with Crippen LogP contribution in [0.4, 0.5) is 4.79 Å². The zero-order valence-electron chi connectivity index (χ0n) is 12.9. The number of ether oxygens (including phenoxy) is 1. The molecule has 1 rings (SSSR count). The molecule has 1 unspecified atom stereocenters. The predicted molar refractivity (Wildman–Crippen MR) is 77.6 cm³/mol. The summed E-state index contributed by atoms with van der Waals surface area (Å²) in [6.45, 7) is 4.48. The van der Waals surface area contributed by atoms with Gasteiger partial charge in [0.25, 0.3) is 0 Å². The molecular weight excluding hydrogens is 290 g/mol. The van der Waals surface area contributed by atoms with E-state index >= 15 is 0 Å². The third-order valence-electron chi connectivity index (χ3n) is 2.37. The fourth-order valence-electron chi connectivity index (χ4n) is 1.42. The van der Waals surface area contributed by atoms with E-state index in [4.69, 9.17) is 14.7 Å². The van der Waals surface area contributed by atoms with Gasteiger partial charge >= 0.3 is 12.1 Å². The Bertz CT molecular complexity index is 483. The van der Waals surface area contributed by atoms with Crippen LogP contribution >= 0.6 is 0 Å². The van der Waals surface area contributed by atoms with Gasteiger partial charge in [-0.05, 0) is 26.3 Å². The molecule has 0 spiro atoms. The lowest BCUT2D eigenvalue weighted by Gasteiger charge is -2.21. The van der Waals surface area contributed by atoms with E-state index in [1.807, 2.05) is 18.2 Å². The van der Waals surface area contributed by atoms with E-state index in [1.165, 1.54) is 0 Å². The maximum absolute atomic E-state index is 11.7. The van der Waals surface area contributed by atoms with Gasteiger partial charge in [-0.2, -0.15) is 4.89 Å². The zero-order valence-corrected chi connectivity index (χ0v) is 12.9. The maximum atomic E-state index is 11.7. The van der Waals surface area contributed by atoms with E-state index in [0.717, 1.165) is 5.56 Å². The molecular formula is C15H21NO6. The number of rotatable bonds is 6. The standard InChI is InChI=1S/C15H21NO6/c1-15(2,3)21-14(19)16-12(9-17)13(18)22-20-10-11-7-5-4-6-8-11/h4-8,12,17H,9-10H2,1-3H3,(H,16,19). The Labute approximate surface area is 129 Å². The minimum absolute atomic E-state index is 0.0666. The van der Waals surface area contributed by atoms with Crippen LogP contribution in [0.25, 0.3) is 0 Å². The SMILES string of the molecule is CC(C)(C)OC(=O)NC(CO)C(=O)OOCc1ccccc1. The first-order chi connectivity index (χ1) is 10.3. The number of hydrogen-bond donors (Lipinski definition) is 2. The highest BCUT2D eigenvalue weighted by Gasteiger charge is 2.25. The van der Waals surface area contributed by atoms with Crippen LogP contribution in [-0.4, -0.2) is 35.4 Å². The lowest BCUT2D eigenvalue weighted by atomic mass is 10.2. The number of hydrogen-bond acceptors (Lipinski definition) is 6. The first kappa shape index (κ1) is 17.9. The molecule has 7 nitrogen and oxygen atoms in total. The number of nitrogens with one attached hydrogen (secondary N) is 1. The summed E-state index contributed by atoms with van der Waals surface area (Å²) in [4.78, 5) is 32.6. The molecule has 0 heterocycles. The lowest BCUT2D eigenvalue weighted by Crippen LogP contribution is -2.46. The molecule has 0 aromatic heterocycles.